The Hall–Kier alpha value is 0.260. The lowest BCUT2D eigenvalue weighted by molar-refractivity contribution is 0.556. The molecule has 0 aliphatic heterocycles. The fourth-order valence-corrected chi connectivity index (χ4v) is 2.71. The van der Waals surface area contributed by atoms with E-state index in [0.29, 0.717) is 11.8 Å². The number of thioether (sulfide) groups is 1. The van der Waals surface area contributed by atoms with Crippen LogP contribution in [-0.2, 0) is 9.84 Å². The third kappa shape index (κ3) is 8.84. The van der Waals surface area contributed by atoms with E-state index in [0.717, 1.165) is 24.3 Å². The predicted octanol–water partition coefficient (Wildman–Crippen LogP) is 1.15. The van der Waals surface area contributed by atoms with E-state index in [1.54, 1.807) is 0 Å². The first-order valence-electron chi connectivity index (χ1n) is 4.92. The molecule has 5 heteroatoms. The van der Waals surface area contributed by atoms with Gasteiger partial charge in [-0.1, -0.05) is 6.92 Å². The monoisotopic (exact) mass is 239 g/mol. The SMILES string of the molecule is CCSCC(CCCS(C)(=O)=O)NC. The fourth-order valence-electron chi connectivity index (χ4n) is 1.16. The second-order valence-corrected chi connectivity index (χ2v) is 7.00. The van der Waals surface area contributed by atoms with Crippen molar-refractivity contribution in [1.82, 2.24) is 5.32 Å². The Morgan fingerprint density at radius 3 is 2.50 bits per heavy atom. The molecule has 0 rings (SSSR count). The van der Waals surface area contributed by atoms with E-state index in [1.807, 2.05) is 18.8 Å². The van der Waals surface area contributed by atoms with Crippen molar-refractivity contribution < 1.29 is 8.42 Å². The first kappa shape index (κ1) is 14.3. The number of hydrogen-bond donors (Lipinski definition) is 1. The predicted molar refractivity (Wildman–Crippen MR) is 64.8 cm³/mol. The van der Waals surface area contributed by atoms with E-state index >= 15 is 0 Å². The molecule has 0 fully saturated rings. The Morgan fingerprint density at radius 1 is 1.43 bits per heavy atom. The Balaban J connectivity index is 3.62. The summed E-state index contributed by atoms with van der Waals surface area (Å²) in [5, 5.41) is 3.21. The summed E-state index contributed by atoms with van der Waals surface area (Å²) in [5.41, 5.74) is 0. The summed E-state index contributed by atoms with van der Waals surface area (Å²) in [5.74, 6) is 2.49. The van der Waals surface area contributed by atoms with Gasteiger partial charge >= 0.3 is 0 Å². The lowest BCUT2D eigenvalue weighted by Crippen LogP contribution is -2.28. The Bertz CT molecular complexity index is 227. The van der Waals surface area contributed by atoms with Crippen LogP contribution in [0.4, 0.5) is 0 Å². The van der Waals surface area contributed by atoms with Crippen molar-refractivity contribution in [1.29, 1.82) is 0 Å². The largest absolute Gasteiger partial charge is 0.316 e. The van der Waals surface area contributed by atoms with Gasteiger partial charge in [0.15, 0.2) is 0 Å². The molecule has 0 saturated heterocycles. The van der Waals surface area contributed by atoms with Crippen molar-refractivity contribution in [3.63, 3.8) is 0 Å². The Kier molecular flexibility index (Phi) is 7.68. The second-order valence-electron chi connectivity index (χ2n) is 3.42. The van der Waals surface area contributed by atoms with Gasteiger partial charge in [0.05, 0.1) is 0 Å². The summed E-state index contributed by atoms with van der Waals surface area (Å²) in [6, 6.07) is 0.446. The van der Waals surface area contributed by atoms with E-state index in [1.165, 1.54) is 6.26 Å². The molecule has 0 saturated carbocycles. The third-order valence-corrected chi connectivity index (χ3v) is 4.08. The molecule has 0 aliphatic carbocycles. The van der Waals surface area contributed by atoms with Crippen LogP contribution in [0.25, 0.3) is 0 Å². The van der Waals surface area contributed by atoms with Crippen LogP contribution in [0.2, 0.25) is 0 Å². The molecule has 1 unspecified atom stereocenters. The highest BCUT2D eigenvalue weighted by molar-refractivity contribution is 7.99. The molecule has 14 heavy (non-hydrogen) atoms. The maximum atomic E-state index is 10.9. The van der Waals surface area contributed by atoms with Crippen LogP contribution in [0.5, 0.6) is 0 Å². The zero-order chi connectivity index (χ0) is 11.0. The van der Waals surface area contributed by atoms with Crippen LogP contribution in [0, 0.1) is 0 Å². The second kappa shape index (κ2) is 7.54. The van der Waals surface area contributed by atoms with E-state index < -0.39 is 9.84 Å². The summed E-state index contributed by atoms with van der Waals surface area (Å²) < 4.78 is 21.8. The number of hydrogen-bond acceptors (Lipinski definition) is 4. The van der Waals surface area contributed by atoms with Gasteiger partial charge in [-0.3, -0.25) is 0 Å². The molecule has 0 spiro atoms. The molecule has 3 nitrogen and oxygen atoms in total. The molecule has 0 aliphatic rings. The minimum Gasteiger partial charge on any atom is -0.316 e. The van der Waals surface area contributed by atoms with Gasteiger partial charge in [0.1, 0.15) is 9.84 Å². The standard InChI is InChI=1S/C9H21NO2S2/c1-4-13-8-9(10-2)6-5-7-14(3,11)12/h9-10H,4-8H2,1-3H3. The highest BCUT2D eigenvalue weighted by Crippen LogP contribution is 2.07. The van der Waals surface area contributed by atoms with Gasteiger partial charge in [0.2, 0.25) is 0 Å². The van der Waals surface area contributed by atoms with Crippen molar-refractivity contribution in [3.05, 3.63) is 0 Å². The minimum atomic E-state index is -2.78. The molecular formula is C9H21NO2S2. The van der Waals surface area contributed by atoms with Crippen LogP contribution < -0.4 is 5.32 Å². The lowest BCUT2D eigenvalue weighted by atomic mass is 10.2. The highest BCUT2D eigenvalue weighted by atomic mass is 32.2. The maximum Gasteiger partial charge on any atom is 0.147 e. The van der Waals surface area contributed by atoms with E-state index in [-0.39, 0.29) is 0 Å². The lowest BCUT2D eigenvalue weighted by Gasteiger charge is -2.14. The van der Waals surface area contributed by atoms with Crippen LogP contribution in [0.3, 0.4) is 0 Å². The fraction of sp³-hybridized carbons (Fsp3) is 1.00. The molecule has 86 valence electrons. The average Bonchev–Trinajstić information content (AvgIpc) is 2.09. The Labute approximate surface area is 92.0 Å². The van der Waals surface area contributed by atoms with Gasteiger partial charge in [0, 0.05) is 23.8 Å². The molecule has 0 radical (unpaired) electrons. The van der Waals surface area contributed by atoms with Crippen molar-refractivity contribution in [2.45, 2.75) is 25.8 Å². The smallest absolute Gasteiger partial charge is 0.147 e. The molecule has 0 aromatic heterocycles. The number of sulfone groups is 1. The van der Waals surface area contributed by atoms with E-state index in [2.05, 4.69) is 12.2 Å². The van der Waals surface area contributed by atoms with Crippen molar-refractivity contribution in [2.24, 2.45) is 0 Å². The molecular weight excluding hydrogens is 218 g/mol. The molecule has 1 N–H and O–H groups in total. The van der Waals surface area contributed by atoms with Gasteiger partial charge in [-0.2, -0.15) is 11.8 Å². The minimum absolute atomic E-state index is 0.308. The summed E-state index contributed by atoms with van der Waals surface area (Å²) in [7, 11) is -0.851. The zero-order valence-electron chi connectivity index (χ0n) is 9.25. The first-order chi connectivity index (χ1) is 6.49. The molecule has 0 aromatic rings. The number of nitrogens with one attached hydrogen (secondary N) is 1. The van der Waals surface area contributed by atoms with Crippen molar-refractivity contribution >= 4 is 21.6 Å². The van der Waals surface area contributed by atoms with Crippen molar-refractivity contribution in [3.8, 4) is 0 Å². The van der Waals surface area contributed by atoms with E-state index in [9.17, 15) is 8.42 Å². The Morgan fingerprint density at radius 2 is 2.07 bits per heavy atom. The molecule has 1 atom stereocenters. The molecule has 0 heterocycles. The van der Waals surface area contributed by atoms with Gasteiger partial charge in [0.25, 0.3) is 0 Å². The van der Waals surface area contributed by atoms with Crippen LogP contribution in [-0.4, -0.2) is 45.0 Å². The van der Waals surface area contributed by atoms with Gasteiger partial charge in [-0.05, 0) is 25.6 Å². The van der Waals surface area contributed by atoms with Gasteiger partial charge in [-0.15, -0.1) is 0 Å². The first-order valence-corrected chi connectivity index (χ1v) is 8.14. The maximum absolute atomic E-state index is 10.9. The van der Waals surface area contributed by atoms with Gasteiger partial charge in [-0.25, -0.2) is 8.42 Å². The third-order valence-electron chi connectivity index (χ3n) is 2.00. The summed E-state index contributed by atoms with van der Waals surface area (Å²) in [6.45, 7) is 2.13. The quantitative estimate of drug-likeness (QED) is 0.690. The van der Waals surface area contributed by atoms with E-state index in [4.69, 9.17) is 0 Å². The van der Waals surface area contributed by atoms with Crippen LogP contribution >= 0.6 is 11.8 Å². The highest BCUT2D eigenvalue weighted by Gasteiger charge is 2.08. The zero-order valence-corrected chi connectivity index (χ0v) is 10.9. The summed E-state index contributed by atoms with van der Waals surface area (Å²) in [6.07, 6.45) is 2.99. The van der Waals surface area contributed by atoms with Crippen LogP contribution in [0.15, 0.2) is 0 Å². The normalized spacial score (nSPS) is 14.2. The number of rotatable bonds is 8. The average molecular weight is 239 g/mol. The molecule has 0 aromatic carbocycles. The van der Waals surface area contributed by atoms with Crippen LogP contribution in [0.1, 0.15) is 19.8 Å². The summed E-state index contributed by atoms with van der Waals surface area (Å²) >= 11 is 1.89. The topological polar surface area (TPSA) is 46.2 Å². The molecule has 0 bridgehead atoms. The summed E-state index contributed by atoms with van der Waals surface area (Å²) in [4.78, 5) is 0. The molecule has 0 amide bonds. The van der Waals surface area contributed by atoms with Crippen molar-refractivity contribution in [2.75, 3.05) is 30.6 Å². The van der Waals surface area contributed by atoms with Gasteiger partial charge < -0.3 is 5.32 Å².